The van der Waals surface area contributed by atoms with E-state index in [4.69, 9.17) is 0 Å². The monoisotopic (exact) mass is 499 g/mol. The van der Waals surface area contributed by atoms with Crippen molar-refractivity contribution in [2.45, 2.75) is 17.9 Å². The molecule has 0 atom stereocenters. The SMILES string of the molecule is O=c1[nH]c(=O)n(-c2ccccc2)c2c1C(C(F)(F)F)(C(F)(F)F)N=C(c1cccc([N+](=O)[O-])c1)N2. The van der Waals surface area contributed by atoms with E-state index in [9.17, 15) is 46.0 Å². The van der Waals surface area contributed by atoms with Crippen LogP contribution in [0.15, 0.2) is 69.2 Å². The van der Waals surface area contributed by atoms with Gasteiger partial charge >= 0.3 is 18.0 Å². The number of alkyl halides is 6. The van der Waals surface area contributed by atoms with Crippen LogP contribution < -0.4 is 16.6 Å². The van der Waals surface area contributed by atoms with E-state index < -0.39 is 62.5 Å². The van der Waals surface area contributed by atoms with Crippen molar-refractivity contribution >= 4 is 17.3 Å². The molecule has 0 fully saturated rings. The highest BCUT2D eigenvalue weighted by Crippen LogP contribution is 2.55. The van der Waals surface area contributed by atoms with Gasteiger partial charge in [0.15, 0.2) is 0 Å². The number of anilines is 1. The van der Waals surface area contributed by atoms with Gasteiger partial charge in [-0.1, -0.05) is 30.3 Å². The zero-order valence-electron chi connectivity index (χ0n) is 16.9. The summed E-state index contributed by atoms with van der Waals surface area (Å²) in [5, 5.41) is 13.3. The molecule has 1 aromatic heterocycles. The van der Waals surface area contributed by atoms with Gasteiger partial charge in [0.2, 0.25) is 0 Å². The number of benzene rings is 2. The Bertz CT molecular complexity index is 1460. The normalized spacial score (nSPS) is 15.1. The number of fused-ring (bicyclic) bond motifs is 1. The summed E-state index contributed by atoms with van der Waals surface area (Å²) in [4.78, 5) is 39.7. The number of hydrogen-bond acceptors (Lipinski definition) is 6. The molecule has 1 aliphatic rings. The fourth-order valence-corrected chi connectivity index (χ4v) is 3.65. The molecule has 0 spiro atoms. The van der Waals surface area contributed by atoms with Gasteiger partial charge in [-0.15, -0.1) is 0 Å². The van der Waals surface area contributed by atoms with Crippen molar-refractivity contribution in [2.75, 3.05) is 5.32 Å². The van der Waals surface area contributed by atoms with Crippen molar-refractivity contribution in [3.63, 3.8) is 0 Å². The first-order chi connectivity index (χ1) is 16.3. The highest BCUT2D eigenvalue weighted by molar-refractivity contribution is 6.10. The summed E-state index contributed by atoms with van der Waals surface area (Å²) < 4.78 is 86.1. The maximum absolute atomic E-state index is 14.3. The minimum Gasteiger partial charge on any atom is -0.325 e. The highest BCUT2D eigenvalue weighted by Gasteiger charge is 2.75. The number of halogens is 6. The third kappa shape index (κ3) is 3.64. The van der Waals surface area contributed by atoms with Crippen molar-refractivity contribution in [3.8, 4) is 5.69 Å². The maximum Gasteiger partial charge on any atom is 0.427 e. The van der Waals surface area contributed by atoms with Crippen molar-refractivity contribution in [1.29, 1.82) is 0 Å². The predicted molar refractivity (Wildman–Crippen MR) is 110 cm³/mol. The van der Waals surface area contributed by atoms with Gasteiger partial charge in [0.05, 0.1) is 10.6 Å². The van der Waals surface area contributed by atoms with Crippen LogP contribution in [0.2, 0.25) is 0 Å². The van der Waals surface area contributed by atoms with E-state index in [0.717, 1.165) is 18.2 Å². The molecule has 15 heteroatoms. The first-order valence-corrected chi connectivity index (χ1v) is 9.48. The Kier molecular flexibility index (Phi) is 5.30. The largest absolute Gasteiger partial charge is 0.427 e. The molecule has 0 aliphatic carbocycles. The van der Waals surface area contributed by atoms with E-state index in [-0.39, 0.29) is 5.69 Å². The third-order valence-corrected chi connectivity index (χ3v) is 5.15. The second kappa shape index (κ2) is 7.82. The molecular formula is C20H11F6N5O4. The molecule has 0 saturated heterocycles. The standard InChI is InChI=1S/C20H11F6N5O4/c21-19(22,23)18(20(24,25)26)13-15(27-14(29-18)10-5-4-8-12(9-10)31(34)35)30(17(33)28-16(13)32)11-6-2-1-3-7-11/h1-9H,(H,27,29)(H,28,32,33). The Morgan fingerprint density at radius 1 is 0.943 bits per heavy atom. The lowest BCUT2D eigenvalue weighted by Gasteiger charge is -2.38. The van der Waals surface area contributed by atoms with Crippen molar-refractivity contribution in [3.05, 3.63) is 96.7 Å². The second-order valence-corrected chi connectivity index (χ2v) is 7.25. The predicted octanol–water partition coefficient (Wildman–Crippen LogP) is 3.63. The molecule has 0 bridgehead atoms. The van der Waals surface area contributed by atoms with E-state index in [0.29, 0.717) is 10.6 Å². The number of non-ortho nitro benzene ring substituents is 1. The quantitative estimate of drug-likeness (QED) is 0.324. The number of rotatable bonds is 3. The lowest BCUT2D eigenvalue weighted by atomic mass is 9.87. The van der Waals surface area contributed by atoms with Gasteiger partial charge in [-0.3, -0.25) is 19.9 Å². The summed E-state index contributed by atoms with van der Waals surface area (Å²) in [6, 6.07) is 10.3. The number of nitro benzene ring substituents is 1. The van der Waals surface area contributed by atoms with Crippen LogP contribution in [-0.4, -0.2) is 32.7 Å². The molecule has 2 aromatic carbocycles. The molecule has 4 rings (SSSR count). The number of nitrogens with zero attached hydrogens (tertiary/aromatic N) is 3. The number of aliphatic imine (C=N–C) groups is 1. The summed E-state index contributed by atoms with van der Waals surface area (Å²) in [5.74, 6) is -2.23. The average molecular weight is 499 g/mol. The Morgan fingerprint density at radius 3 is 2.14 bits per heavy atom. The van der Waals surface area contributed by atoms with Crippen molar-refractivity contribution in [1.82, 2.24) is 9.55 Å². The molecule has 0 amide bonds. The van der Waals surface area contributed by atoms with E-state index in [2.05, 4.69) is 10.3 Å². The zero-order chi connectivity index (χ0) is 25.8. The molecule has 0 saturated carbocycles. The number of H-pyrrole nitrogens is 1. The molecule has 9 nitrogen and oxygen atoms in total. The lowest BCUT2D eigenvalue weighted by molar-refractivity contribution is -0.384. The van der Waals surface area contributed by atoms with Gasteiger partial charge < -0.3 is 5.32 Å². The van der Waals surface area contributed by atoms with Crippen LogP contribution >= 0.6 is 0 Å². The maximum atomic E-state index is 14.3. The smallest absolute Gasteiger partial charge is 0.325 e. The molecule has 2 N–H and O–H groups in total. The Labute approximate surface area is 189 Å². The molecule has 0 unspecified atom stereocenters. The zero-order valence-corrected chi connectivity index (χ0v) is 16.9. The van der Waals surface area contributed by atoms with E-state index in [1.165, 1.54) is 35.3 Å². The summed E-state index contributed by atoms with van der Waals surface area (Å²) >= 11 is 0. The van der Waals surface area contributed by atoms with E-state index in [1.54, 1.807) is 0 Å². The van der Waals surface area contributed by atoms with E-state index >= 15 is 0 Å². The summed E-state index contributed by atoms with van der Waals surface area (Å²) in [5.41, 5.74) is -11.6. The number of amidine groups is 1. The van der Waals surface area contributed by atoms with Crippen LogP contribution in [0.5, 0.6) is 0 Å². The van der Waals surface area contributed by atoms with Gasteiger partial charge in [0.25, 0.3) is 16.8 Å². The Hall–Kier alpha value is -4.43. The number of aromatic nitrogens is 2. The molecule has 0 radical (unpaired) electrons. The molecular weight excluding hydrogens is 488 g/mol. The van der Waals surface area contributed by atoms with Gasteiger partial charge in [-0.25, -0.2) is 14.4 Å². The Balaban J connectivity index is 2.17. The van der Waals surface area contributed by atoms with Gasteiger partial charge in [-0.2, -0.15) is 26.3 Å². The van der Waals surface area contributed by atoms with Crippen LogP contribution in [0, 0.1) is 10.1 Å². The highest BCUT2D eigenvalue weighted by atomic mass is 19.4. The average Bonchev–Trinajstić information content (AvgIpc) is 2.77. The molecule has 1 aliphatic heterocycles. The first-order valence-electron chi connectivity index (χ1n) is 9.48. The topological polar surface area (TPSA) is 122 Å². The van der Waals surface area contributed by atoms with E-state index in [1.807, 2.05) is 0 Å². The lowest BCUT2D eigenvalue weighted by Crippen LogP contribution is -2.59. The van der Waals surface area contributed by atoms with Crippen molar-refractivity contribution in [2.24, 2.45) is 4.99 Å². The molecule has 2 heterocycles. The molecule has 35 heavy (non-hydrogen) atoms. The second-order valence-electron chi connectivity index (χ2n) is 7.25. The van der Waals surface area contributed by atoms with Crippen LogP contribution in [0.4, 0.5) is 37.8 Å². The number of para-hydroxylation sites is 1. The molecule has 3 aromatic rings. The third-order valence-electron chi connectivity index (χ3n) is 5.15. The summed E-state index contributed by atoms with van der Waals surface area (Å²) in [7, 11) is 0. The summed E-state index contributed by atoms with van der Waals surface area (Å²) in [6.45, 7) is 0. The van der Waals surface area contributed by atoms with Crippen LogP contribution in [-0.2, 0) is 5.54 Å². The van der Waals surface area contributed by atoms with Crippen LogP contribution in [0.25, 0.3) is 5.69 Å². The fraction of sp³-hybridized carbons (Fsp3) is 0.150. The van der Waals surface area contributed by atoms with Gasteiger partial charge in [0, 0.05) is 17.7 Å². The fourth-order valence-electron chi connectivity index (χ4n) is 3.65. The Morgan fingerprint density at radius 2 is 1.57 bits per heavy atom. The van der Waals surface area contributed by atoms with Gasteiger partial charge in [-0.05, 0) is 12.1 Å². The minimum absolute atomic E-state index is 0.170. The number of hydrogen-bond donors (Lipinski definition) is 2. The molecule has 182 valence electrons. The number of aromatic amines is 1. The number of nitrogens with one attached hydrogen (secondary N) is 2. The van der Waals surface area contributed by atoms with Crippen LogP contribution in [0.1, 0.15) is 11.1 Å². The minimum atomic E-state index is -6.21. The van der Waals surface area contributed by atoms with Gasteiger partial charge in [0.1, 0.15) is 17.2 Å². The van der Waals surface area contributed by atoms with Crippen LogP contribution in [0.3, 0.4) is 0 Å². The first kappa shape index (κ1) is 23.7. The summed E-state index contributed by atoms with van der Waals surface area (Å²) in [6.07, 6.45) is -12.4. The van der Waals surface area contributed by atoms with Crippen molar-refractivity contribution < 1.29 is 31.3 Å². The number of nitro groups is 1.